The van der Waals surface area contributed by atoms with Crippen LogP contribution in [0, 0.1) is 0 Å². The van der Waals surface area contributed by atoms with Gasteiger partial charge in [0.1, 0.15) is 0 Å². The van der Waals surface area contributed by atoms with Gasteiger partial charge in [0, 0.05) is 38.9 Å². The lowest BCUT2D eigenvalue weighted by molar-refractivity contribution is 0.660. The average molecular weight is 679 g/mol. The number of hydrogen-bond donors (Lipinski definition) is 0. The highest BCUT2D eigenvalue weighted by atomic mass is 15.1. The van der Waals surface area contributed by atoms with E-state index in [-0.39, 0.29) is 5.41 Å². The van der Waals surface area contributed by atoms with Crippen LogP contribution in [0.4, 0.5) is 17.1 Å². The lowest BCUT2D eigenvalue weighted by Crippen LogP contribution is -2.15. The molecule has 0 N–H and O–H groups in total. The molecule has 0 radical (unpaired) electrons. The zero-order valence-electron chi connectivity index (χ0n) is 29.9. The summed E-state index contributed by atoms with van der Waals surface area (Å²) in [6.07, 6.45) is 0. The molecular weight excluding hydrogens is 641 g/mol. The first-order valence-electron chi connectivity index (χ1n) is 18.4. The lowest BCUT2D eigenvalue weighted by atomic mass is 9.82. The molecule has 1 aromatic heterocycles. The molecule has 9 aromatic rings. The molecule has 252 valence electrons. The maximum atomic E-state index is 2.42. The maximum absolute atomic E-state index is 2.42. The Morgan fingerprint density at radius 2 is 0.962 bits per heavy atom. The summed E-state index contributed by atoms with van der Waals surface area (Å²) in [6.45, 7) is 4.72. The first-order chi connectivity index (χ1) is 26.1. The molecule has 0 saturated carbocycles. The summed E-state index contributed by atoms with van der Waals surface area (Å²) >= 11 is 0. The number of anilines is 3. The maximum Gasteiger partial charge on any atom is 0.0541 e. The van der Waals surface area contributed by atoms with Crippen LogP contribution in [0.1, 0.15) is 25.0 Å². The fourth-order valence-electron chi connectivity index (χ4n) is 8.64. The van der Waals surface area contributed by atoms with Crippen molar-refractivity contribution in [2.75, 3.05) is 4.90 Å². The van der Waals surface area contributed by atoms with E-state index in [9.17, 15) is 0 Å². The van der Waals surface area contributed by atoms with Crippen LogP contribution >= 0.6 is 0 Å². The number of benzene rings is 8. The third-order valence-corrected chi connectivity index (χ3v) is 11.2. The molecule has 0 atom stereocenters. The molecule has 1 heterocycles. The van der Waals surface area contributed by atoms with Crippen molar-refractivity contribution in [3.05, 3.63) is 205 Å². The Bertz CT molecular complexity index is 2740. The largest absolute Gasteiger partial charge is 0.310 e. The number of para-hydroxylation sites is 2. The van der Waals surface area contributed by atoms with Gasteiger partial charge in [0.2, 0.25) is 0 Å². The van der Waals surface area contributed by atoms with Crippen LogP contribution < -0.4 is 4.90 Å². The summed E-state index contributed by atoms with van der Waals surface area (Å²) in [5.41, 5.74) is 17.1. The topological polar surface area (TPSA) is 8.17 Å². The SMILES string of the molecule is CC1(C)c2ccc(N(c3ccc(-n4c5ccccc5c5ccccc54)cc3)c3cccc(-c4ccccc4)c3)cc2-c2c(-c3ccccc3)cccc21. The summed E-state index contributed by atoms with van der Waals surface area (Å²) in [7, 11) is 0. The van der Waals surface area contributed by atoms with E-state index in [1.54, 1.807) is 0 Å². The number of rotatable bonds is 6. The number of hydrogen-bond acceptors (Lipinski definition) is 1. The second-order valence-corrected chi connectivity index (χ2v) is 14.6. The molecule has 0 saturated heterocycles. The van der Waals surface area contributed by atoms with Crippen molar-refractivity contribution in [3.8, 4) is 39.1 Å². The smallest absolute Gasteiger partial charge is 0.0541 e. The Balaban J connectivity index is 1.16. The Kier molecular flexibility index (Phi) is 7.19. The second kappa shape index (κ2) is 12.3. The lowest BCUT2D eigenvalue weighted by Gasteiger charge is -2.28. The van der Waals surface area contributed by atoms with Gasteiger partial charge < -0.3 is 9.47 Å². The van der Waals surface area contributed by atoms with Crippen molar-refractivity contribution >= 4 is 38.9 Å². The van der Waals surface area contributed by atoms with E-state index >= 15 is 0 Å². The summed E-state index contributed by atoms with van der Waals surface area (Å²) in [4.78, 5) is 2.42. The molecule has 2 heteroatoms. The average Bonchev–Trinajstić information content (AvgIpc) is 3.67. The molecule has 1 aliphatic rings. The van der Waals surface area contributed by atoms with Crippen molar-refractivity contribution < 1.29 is 0 Å². The Morgan fingerprint density at radius 1 is 0.396 bits per heavy atom. The quantitative estimate of drug-likeness (QED) is 0.170. The van der Waals surface area contributed by atoms with Gasteiger partial charge >= 0.3 is 0 Å². The van der Waals surface area contributed by atoms with Gasteiger partial charge in [-0.25, -0.2) is 0 Å². The molecule has 8 aromatic carbocycles. The summed E-state index contributed by atoms with van der Waals surface area (Å²) in [5, 5.41) is 2.53. The molecule has 0 aliphatic heterocycles. The molecule has 0 amide bonds. The molecule has 0 unspecified atom stereocenters. The van der Waals surface area contributed by atoms with Crippen LogP contribution in [-0.2, 0) is 5.41 Å². The van der Waals surface area contributed by atoms with Crippen LogP contribution in [-0.4, -0.2) is 4.57 Å². The summed E-state index contributed by atoms with van der Waals surface area (Å²) in [5.74, 6) is 0. The highest BCUT2D eigenvalue weighted by Crippen LogP contribution is 2.53. The number of fused-ring (bicyclic) bond motifs is 6. The molecular formula is C51H38N2. The van der Waals surface area contributed by atoms with Gasteiger partial charge in [-0.1, -0.05) is 147 Å². The van der Waals surface area contributed by atoms with E-state index in [2.05, 4.69) is 217 Å². The molecule has 53 heavy (non-hydrogen) atoms. The minimum absolute atomic E-state index is 0.115. The minimum Gasteiger partial charge on any atom is -0.310 e. The molecule has 0 spiro atoms. The van der Waals surface area contributed by atoms with Gasteiger partial charge in [0.15, 0.2) is 0 Å². The zero-order valence-corrected chi connectivity index (χ0v) is 29.9. The van der Waals surface area contributed by atoms with Crippen molar-refractivity contribution in [2.24, 2.45) is 0 Å². The van der Waals surface area contributed by atoms with E-state index in [0.29, 0.717) is 0 Å². The normalized spacial score (nSPS) is 12.9. The molecule has 1 aliphatic carbocycles. The van der Waals surface area contributed by atoms with Crippen molar-refractivity contribution in [1.29, 1.82) is 0 Å². The van der Waals surface area contributed by atoms with Gasteiger partial charge in [-0.3, -0.25) is 0 Å². The Morgan fingerprint density at radius 3 is 1.66 bits per heavy atom. The van der Waals surface area contributed by atoms with Crippen LogP contribution in [0.5, 0.6) is 0 Å². The van der Waals surface area contributed by atoms with E-state index in [0.717, 1.165) is 22.7 Å². The van der Waals surface area contributed by atoms with E-state index in [4.69, 9.17) is 0 Å². The molecule has 2 nitrogen and oxygen atoms in total. The highest BCUT2D eigenvalue weighted by Gasteiger charge is 2.37. The summed E-state index contributed by atoms with van der Waals surface area (Å²) in [6, 6.07) is 70.8. The van der Waals surface area contributed by atoms with Crippen molar-refractivity contribution in [1.82, 2.24) is 4.57 Å². The van der Waals surface area contributed by atoms with Gasteiger partial charge in [0.25, 0.3) is 0 Å². The first-order valence-corrected chi connectivity index (χ1v) is 18.4. The zero-order chi connectivity index (χ0) is 35.5. The van der Waals surface area contributed by atoms with Crippen LogP contribution in [0.2, 0.25) is 0 Å². The Hall–Kier alpha value is -6.64. The fraction of sp³-hybridized carbons (Fsp3) is 0.0588. The van der Waals surface area contributed by atoms with Crippen LogP contribution in [0.15, 0.2) is 194 Å². The first kappa shape index (κ1) is 31.1. The monoisotopic (exact) mass is 678 g/mol. The predicted molar refractivity (Wildman–Crippen MR) is 224 cm³/mol. The van der Waals surface area contributed by atoms with Gasteiger partial charge in [-0.05, 0) is 105 Å². The fourth-order valence-corrected chi connectivity index (χ4v) is 8.64. The third kappa shape index (κ3) is 5.02. The van der Waals surface area contributed by atoms with E-state index in [1.807, 2.05) is 0 Å². The van der Waals surface area contributed by atoms with Gasteiger partial charge in [0.05, 0.1) is 11.0 Å². The van der Waals surface area contributed by atoms with E-state index in [1.165, 1.54) is 66.3 Å². The van der Waals surface area contributed by atoms with Crippen molar-refractivity contribution in [2.45, 2.75) is 19.3 Å². The number of aromatic nitrogens is 1. The van der Waals surface area contributed by atoms with Gasteiger partial charge in [-0.15, -0.1) is 0 Å². The Labute approximate surface area is 310 Å². The standard InChI is InChI=1S/C51H38N2/c1-51(2)46-32-31-41(34-45(46)50-42(23-14-24-47(50)51)36-17-7-4-8-18-36)52(40-20-13-19-37(33-40)35-15-5-3-6-16-35)38-27-29-39(30-28-38)53-48-25-11-9-21-43(48)44-22-10-12-26-49(44)53/h3-34H,1-2H3. The second-order valence-electron chi connectivity index (χ2n) is 14.6. The van der Waals surface area contributed by atoms with Crippen LogP contribution in [0.3, 0.4) is 0 Å². The van der Waals surface area contributed by atoms with E-state index < -0.39 is 0 Å². The van der Waals surface area contributed by atoms with Gasteiger partial charge in [-0.2, -0.15) is 0 Å². The molecule has 0 bridgehead atoms. The third-order valence-electron chi connectivity index (χ3n) is 11.2. The van der Waals surface area contributed by atoms with Crippen molar-refractivity contribution in [3.63, 3.8) is 0 Å². The molecule has 10 rings (SSSR count). The summed E-state index contributed by atoms with van der Waals surface area (Å²) < 4.78 is 2.38. The number of nitrogens with zero attached hydrogens (tertiary/aromatic N) is 2. The molecule has 0 fully saturated rings. The highest BCUT2D eigenvalue weighted by molar-refractivity contribution is 6.09. The minimum atomic E-state index is -0.115. The van der Waals surface area contributed by atoms with Crippen LogP contribution in [0.25, 0.3) is 60.9 Å². The predicted octanol–water partition coefficient (Wildman–Crippen LogP) is 13.9.